The molecular formula is C14H16INO. The molecule has 2 aliphatic rings. The third-order valence-electron chi connectivity index (χ3n) is 3.95. The summed E-state index contributed by atoms with van der Waals surface area (Å²) in [5.41, 5.74) is 1.06. The van der Waals surface area contributed by atoms with E-state index in [1.807, 2.05) is 0 Å². The lowest BCUT2D eigenvalue weighted by Crippen LogP contribution is -2.37. The van der Waals surface area contributed by atoms with Crippen molar-refractivity contribution in [3.63, 3.8) is 0 Å². The first-order valence-corrected chi connectivity index (χ1v) is 7.36. The van der Waals surface area contributed by atoms with Gasteiger partial charge in [-0.1, -0.05) is 12.1 Å². The quantitative estimate of drug-likeness (QED) is 0.758. The minimum absolute atomic E-state index is 0.158. The number of carbonyl (C=O) groups is 1. The zero-order valence-corrected chi connectivity index (χ0v) is 11.9. The van der Waals surface area contributed by atoms with Crippen LogP contribution in [0, 0.1) is 3.57 Å². The second kappa shape index (κ2) is 4.26. The van der Waals surface area contributed by atoms with E-state index < -0.39 is 0 Å². The number of benzene rings is 1. The Hall–Kier alpha value is -0.580. The molecule has 1 saturated heterocycles. The number of hydrogen-bond donors (Lipinski definition) is 0. The Kier molecular flexibility index (Phi) is 2.89. The molecule has 3 rings (SSSR count). The highest BCUT2D eigenvalue weighted by molar-refractivity contribution is 14.1. The number of carbonyl (C=O) groups excluding carboxylic acids is 1. The van der Waals surface area contributed by atoms with E-state index in [0.717, 1.165) is 25.9 Å². The molecule has 90 valence electrons. The summed E-state index contributed by atoms with van der Waals surface area (Å²) in [6, 6.07) is 8.46. The molecule has 0 atom stereocenters. The van der Waals surface area contributed by atoms with Crippen LogP contribution in [0.1, 0.15) is 31.2 Å². The highest BCUT2D eigenvalue weighted by Gasteiger charge is 2.53. The van der Waals surface area contributed by atoms with Crippen molar-refractivity contribution >= 4 is 28.5 Å². The average molecular weight is 341 g/mol. The lowest BCUT2D eigenvalue weighted by Gasteiger charge is -2.23. The van der Waals surface area contributed by atoms with Crippen LogP contribution in [0.4, 0.5) is 0 Å². The van der Waals surface area contributed by atoms with Crippen molar-refractivity contribution in [3.05, 3.63) is 33.4 Å². The number of rotatable bonds is 2. The Morgan fingerprint density at radius 1 is 1.12 bits per heavy atom. The third kappa shape index (κ3) is 1.98. The first-order chi connectivity index (χ1) is 8.22. The molecule has 0 spiro atoms. The summed E-state index contributed by atoms with van der Waals surface area (Å²) in [7, 11) is 0. The van der Waals surface area contributed by atoms with Gasteiger partial charge in [-0.15, -0.1) is 0 Å². The van der Waals surface area contributed by atoms with Crippen molar-refractivity contribution in [3.8, 4) is 0 Å². The van der Waals surface area contributed by atoms with Crippen molar-refractivity contribution in [1.29, 1.82) is 0 Å². The van der Waals surface area contributed by atoms with Crippen LogP contribution in [0.2, 0.25) is 0 Å². The zero-order chi connectivity index (χ0) is 11.9. The molecule has 1 aliphatic heterocycles. The van der Waals surface area contributed by atoms with Gasteiger partial charge in [0.25, 0.3) is 0 Å². The fourth-order valence-corrected chi connectivity index (χ4v) is 3.10. The van der Waals surface area contributed by atoms with Crippen LogP contribution in [-0.4, -0.2) is 23.9 Å². The maximum atomic E-state index is 12.5. The summed E-state index contributed by atoms with van der Waals surface area (Å²) in [6.45, 7) is 1.93. The molecule has 17 heavy (non-hydrogen) atoms. The van der Waals surface area contributed by atoms with Crippen molar-refractivity contribution in [2.24, 2.45) is 0 Å². The predicted octanol–water partition coefficient (Wildman–Crippen LogP) is 2.95. The number of amides is 1. The topological polar surface area (TPSA) is 20.3 Å². The van der Waals surface area contributed by atoms with Gasteiger partial charge in [-0.25, -0.2) is 0 Å². The van der Waals surface area contributed by atoms with Crippen LogP contribution in [0.25, 0.3) is 0 Å². The molecule has 0 aromatic heterocycles. The molecule has 1 aliphatic carbocycles. The van der Waals surface area contributed by atoms with Gasteiger partial charge in [0.15, 0.2) is 0 Å². The molecule has 1 saturated carbocycles. The Morgan fingerprint density at radius 2 is 1.71 bits per heavy atom. The van der Waals surface area contributed by atoms with Crippen LogP contribution in [0.15, 0.2) is 24.3 Å². The lowest BCUT2D eigenvalue weighted by molar-refractivity contribution is -0.132. The molecule has 1 amide bonds. The minimum atomic E-state index is -0.158. The summed E-state index contributed by atoms with van der Waals surface area (Å²) in [5.74, 6) is 0.371. The summed E-state index contributed by atoms with van der Waals surface area (Å²) in [4.78, 5) is 14.6. The van der Waals surface area contributed by atoms with E-state index in [1.54, 1.807) is 0 Å². The Labute approximate surface area is 116 Å². The highest BCUT2D eigenvalue weighted by atomic mass is 127. The molecule has 3 heteroatoms. The Balaban J connectivity index is 1.85. The van der Waals surface area contributed by atoms with Crippen LogP contribution in [0.3, 0.4) is 0 Å². The SMILES string of the molecule is O=C(N1CCCC1)C1(c2ccc(I)cc2)CC1. The van der Waals surface area contributed by atoms with E-state index >= 15 is 0 Å². The third-order valence-corrected chi connectivity index (χ3v) is 4.67. The predicted molar refractivity (Wildman–Crippen MR) is 75.9 cm³/mol. The maximum absolute atomic E-state index is 12.5. The number of likely N-dealkylation sites (tertiary alicyclic amines) is 1. The molecule has 1 aromatic rings. The van der Waals surface area contributed by atoms with Crippen molar-refractivity contribution in [1.82, 2.24) is 4.90 Å². The number of hydrogen-bond acceptors (Lipinski definition) is 1. The fraction of sp³-hybridized carbons (Fsp3) is 0.500. The molecule has 2 nitrogen and oxygen atoms in total. The summed E-state index contributed by atoms with van der Waals surface area (Å²) in [5, 5.41) is 0. The Bertz CT molecular complexity index is 430. The van der Waals surface area contributed by atoms with Gasteiger partial charge in [0.2, 0.25) is 5.91 Å². The smallest absolute Gasteiger partial charge is 0.233 e. The van der Waals surface area contributed by atoms with Gasteiger partial charge in [-0.05, 0) is 66.0 Å². The minimum Gasteiger partial charge on any atom is -0.342 e. The first-order valence-electron chi connectivity index (χ1n) is 6.28. The fourth-order valence-electron chi connectivity index (χ4n) is 2.74. The van der Waals surface area contributed by atoms with Gasteiger partial charge >= 0.3 is 0 Å². The van der Waals surface area contributed by atoms with E-state index in [0.29, 0.717) is 5.91 Å². The largest absolute Gasteiger partial charge is 0.342 e. The molecule has 0 radical (unpaired) electrons. The summed E-state index contributed by atoms with van der Waals surface area (Å²) in [6.07, 6.45) is 4.41. The first kappa shape index (κ1) is 11.5. The molecule has 1 heterocycles. The average Bonchev–Trinajstić information content (AvgIpc) is 2.97. The highest BCUT2D eigenvalue weighted by Crippen LogP contribution is 2.50. The summed E-state index contributed by atoms with van der Waals surface area (Å²) < 4.78 is 1.23. The van der Waals surface area contributed by atoms with Crippen LogP contribution < -0.4 is 0 Å². The van der Waals surface area contributed by atoms with E-state index in [1.165, 1.54) is 22.0 Å². The number of nitrogens with zero attached hydrogens (tertiary/aromatic N) is 1. The van der Waals surface area contributed by atoms with Gasteiger partial charge in [0.1, 0.15) is 0 Å². The molecule has 0 bridgehead atoms. The van der Waals surface area contributed by atoms with Crippen molar-refractivity contribution in [2.75, 3.05) is 13.1 Å². The zero-order valence-electron chi connectivity index (χ0n) is 9.79. The van der Waals surface area contributed by atoms with E-state index in [9.17, 15) is 4.79 Å². The standard InChI is InChI=1S/C14H16INO/c15-12-5-3-11(4-6-12)14(7-8-14)13(17)16-9-1-2-10-16/h3-6H,1-2,7-10H2. The second-order valence-electron chi connectivity index (χ2n) is 5.09. The van der Waals surface area contributed by atoms with E-state index in [-0.39, 0.29) is 5.41 Å². The summed E-state index contributed by atoms with van der Waals surface area (Å²) >= 11 is 2.31. The van der Waals surface area contributed by atoms with E-state index in [2.05, 4.69) is 51.8 Å². The number of halogens is 1. The van der Waals surface area contributed by atoms with Crippen LogP contribution >= 0.6 is 22.6 Å². The van der Waals surface area contributed by atoms with Crippen molar-refractivity contribution < 1.29 is 4.79 Å². The molecule has 0 N–H and O–H groups in total. The van der Waals surface area contributed by atoms with Gasteiger partial charge in [-0.3, -0.25) is 4.79 Å². The second-order valence-corrected chi connectivity index (χ2v) is 6.33. The van der Waals surface area contributed by atoms with Crippen molar-refractivity contribution in [2.45, 2.75) is 31.1 Å². The molecule has 0 unspecified atom stereocenters. The lowest BCUT2D eigenvalue weighted by atomic mass is 9.94. The Morgan fingerprint density at radius 3 is 2.24 bits per heavy atom. The normalized spacial score (nSPS) is 21.6. The molecule has 1 aromatic carbocycles. The van der Waals surface area contributed by atoms with Gasteiger partial charge < -0.3 is 4.90 Å². The monoisotopic (exact) mass is 341 g/mol. The van der Waals surface area contributed by atoms with Gasteiger partial charge in [0.05, 0.1) is 5.41 Å². The van der Waals surface area contributed by atoms with Gasteiger partial charge in [0, 0.05) is 16.7 Å². The maximum Gasteiger partial charge on any atom is 0.233 e. The van der Waals surface area contributed by atoms with Gasteiger partial charge in [-0.2, -0.15) is 0 Å². The van der Waals surface area contributed by atoms with Crippen LogP contribution in [-0.2, 0) is 10.2 Å². The van der Waals surface area contributed by atoms with E-state index in [4.69, 9.17) is 0 Å². The molecule has 2 fully saturated rings. The van der Waals surface area contributed by atoms with Crippen LogP contribution in [0.5, 0.6) is 0 Å². The molecular weight excluding hydrogens is 325 g/mol.